The summed E-state index contributed by atoms with van der Waals surface area (Å²) in [7, 11) is 0. The van der Waals surface area contributed by atoms with Crippen molar-refractivity contribution in [2.75, 3.05) is 12.3 Å². The molecule has 1 aromatic carbocycles. The molecular weight excluding hydrogens is 392 g/mol. The Labute approximate surface area is 171 Å². The van der Waals surface area contributed by atoms with Gasteiger partial charge in [-0.3, -0.25) is 4.57 Å². The van der Waals surface area contributed by atoms with E-state index >= 15 is 0 Å². The minimum atomic E-state index is -1.40. The molecule has 3 aromatic rings. The van der Waals surface area contributed by atoms with Crippen LogP contribution in [-0.4, -0.2) is 64.8 Å². The summed E-state index contributed by atoms with van der Waals surface area (Å²) in [6, 6.07) is 9.84. The molecule has 0 bridgehead atoms. The van der Waals surface area contributed by atoms with Crippen LogP contribution in [0.2, 0.25) is 0 Å². The molecule has 1 aliphatic heterocycles. The zero-order valence-corrected chi connectivity index (χ0v) is 15.9. The van der Waals surface area contributed by atoms with E-state index in [1.54, 1.807) is 10.9 Å². The normalized spacial score (nSPS) is 23.7. The average molecular weight is 414 g/mol. The summed E-state index contributed by atoms with van der Waals surface area (Å²) in [5.74, 6) is 0.0168. The van der Waals surface area contributed by atoms with Crippen LogP contribution >= 0.6 is 0 Å². The second kappa shape index (κ2) is 8.32. The number of hydrogen-bond donors (Lipinski definition) is 4. The van der Waals surface area contributed by atoms with Gasteiger partial charge in [0.25, 0.3) is 0 Å². The standard InChI is InChI=1S/C19H22N6O5/c20-17-12(7-24-9-13(22-23-24)6-11-4-2-1-3-5-11)8-25(19(29)21-17)18-16(28)15(27)14(10-26)30-18/h1-5,8-9,14-16,18,26-28H,6-7,10H2,(H2,20,21,29). The van der Waals surface area contributed by atoms with Crippen molar-refractivity contribution in [3.05, 3.63) is 70.0 Å². The van der Waals surface area contributed by atoms with Crippen molar-refractivity contribution in [1.29, 1.82) is 0 Å². The molecule has 4 rings (SSSR count). The van der Waals surface area contributed by atoms with Gasteiger partial charge in [-0.05, 0) is 5.56 Å². The second-order valence-electron chi connectivity index (χ2n) is 7.14. The van der Waals surface area contributed by atoms with Crippen molar-refractivity contribution in [2.24, 2.45) is 0 Å². The fourth-order valence-corrected chi connectivity index (χ4v) is 3.41. The number of nitrogens with two attached hydrogens (primary N) is 1. The maximum Gasteiger partial charge on any atom is 0.351 e. The van der Waals surface area contributed by atoms with Crippen LogP contribution in [0.25, 0.3) is 0 Å². The van der Waals surface area contributed by atoms with E-state index in [1.807, 2.05) is 30.3 Å². The lowest BCUT2D eigenvalue weighted by molar-refractivity contribution is -0.0550. The van der Waals surface area contributed by atoms with Crippen LogP contribution in [-0.2, 0) is 17.7 Å². The predicted molar refractivity (Wildman–Crippen MR) is 104 cm³/mol. The minimum absolute atomic E-state index is 0.0168. The number of hydrogen-bond acceptors (Lipinski definition) is 9. The Morgan fingerprint density at radius 3 is 2.60 bits per heavy atom. The highest BCUT2D eigenvalue weighted by Crippen LogP contribution is 2.28. The lowest BCUT2D eigenvalue weighted by atomic mass is 10.1. The number of nitrogens with zero attached hydrogens (tertiary/aromatic N) is 5. The zero-order chi connectivity index (χ0) is 21.3. The molecule has 4 unspecified atom stereocenters. The van der Waals surface area contributed by atoms with E-state index < -0.39 is 36.8 Å². The highest BCUT2D eigenvalue weighted by Gasteiger charge is 2.43. The molecule has 11 heteroatoms. The molecule has 0 amide bonds. The first kappa shape index (κ1) is 20.2. The van der Waals surface area contributed by atoms with Crippen molar-refractivity contribution >= 4 is 5.82 Å². The van der Waals surface area contributed by atoms with E-state index in [2.05, 4.69) is 15.3 Å². The first-order valence-corrected chi connectivity index (χ1v) is 9.39. The molecular formula is C19H22N6O5. The summed E-state index contributed by atoms with van der Waals surface area (Å²) >= 11 is 0. The van der Waals surface area contributed by atoms with Gasteiger partial charge in [0.2, 0.25) is 0 Å². The molecule has 1 aliphatic rings. The van der Waals surface area contributed by atoms with Crippen LogP contribution in [0.15, 0.2) is 47.5 Å². The SMILES string of the molecule is Nc1nc(=O)n(C2OC(CO)C(O)C2O)cc1Cn1cc(Cc2ccccc2)nn1. The zero-order valence-electron chi connectivity index (χ0n) is 15.9. The average Bonchev–Trinajstić information content (AvgIpc) is 3.29. The summed E-state index contributed by atoms with van der Waals surface area (Å²) in [5, 5.41) is 37.6. The molecule has 11 nitrogen and oxygen atoms in total. The van der Waals surface area contributed by atoms with Crippen LogP contribution in [0.3, 0.4) is 0 Å². The van der Waals surface area contributed by atoms with E-state index in [4.69, 9.17) is 10.5 Å². The predicted octanol–water partition coefficient (Wildman–Crippen LogP) is -1.33. The molecule has 0 saturated carbocycles. The Morgan fingerprint density at radius 1 is 1.13 bits per heavy atom. The fraction of sp³-hybridized carbons (Fsp3) is 0.368. The van der Waals surface area contributed by atoms with Crippen LogP contribution in [0.5, 0.6) is 0 Å². The molecule has 0 spiro atoms. The Morgan fingerprint density at radius 2 is 1.90 bits per heavy atom. The number of aromatic nitrogens is 5. The summed E-state index contributed by atoms with van der Waals surface area (Å²) in [6.07, 6.45) is -1.13. The van der Waals surface area contributed by atoms with Crippen LogP contribution in [0.4, 0.5) is 5.82 Å². The Bertz CT molecular complexity index is 1070. The number of benzene rings is 1. The number of rotatable bonds is 6. The van der Waals surface area contributed by atoms with Gasteiger partial charge >= 0.3 is 5.69 Å². The second-order valence-corrected chi connectivity index (χ2v) is 7.14. The van der Waals surface area contributed by atoms with E-state index in [1.165, 1.54) is 6.20 Å². The van der Waals surface area contributed by atoms with Gasteiger partial charge in [0.1, 0.15) is 24.1 Å². The van der Waals surface area contributed by atoms with Gasteiger partial charge in [0.05, 0.1) is 18.8 Å². The first-order chi connectivity index (χ1) is 14.5. The largest absolute Gasteiger partial charge is 0.394 e. The van der Waals surface area contributed by atoms with Gasteiger partial charge in [-0.15, -0.1) is 5.10 Å². The molecule has 5 N–H and O–H groups in total. The van der Waals surface area contributed by atoms with Gasteiger partial charge in [-0.1, -0.05) is 35.5 Å². The van der Waals surface area contributed by atoms with Crippen molar-refractivity contribution < 1.29 is 20.1 Å². The van der Waals surface area contributed by atoms with Crippen molar-refractivity contribution in [3.63, 3.8) is 0 Å². The van der Waals surface area contributed by atoms with Crippen molar-refractivity contribution in [1.82, 2.24) is 24.5 Å². The van der Waals surface area contributed by atoms with E-state index in [0.29, 0.717) is 12.0 Å². The highest BCUT2D eigenvalue weighted by atomic mass is 16.6. The van der Waals surface area contributed by atoms with Gasteiger partial charge in [-0.2, -0.15) is 4.98 Å². The third-order valence-electron chi connectivity index (χ3n) is 5.00. The smallest absolute Gasteiger partial charge is 0.351 e. The molecule has 158 valence electrons. The molecule has 2 aromatic heterocycles. The third kappa shape index (κ3) is 3.96. The maximum absolute atomic E-state index is 12.3. The molecule has 30 heavy (non-hydrogen) atoms. The third-order valence-corrected chi connectivity index (χ3v) is 5.00. The Hall–Kier alpha value is -3.12. The van der Waals surface area contributed by atoms with Crippen LogP contribution < -0.4 is 11.4 Å². The molecule has 3 heterocycles. The fourth-order valence-electron chi connectivity index (χ4n) is 3.41. The van der Waals surface area contributed by atoms with E-state index in [9.17, 15) is 20.1 Å². The lowest BCUT2D eigenvalue weighted by Crippen LogP contribution is -2.36. The van der Waals surface area contributed by atoms with E-state index in [0.717, 1.165) is 15.8 Å². The Balaban J connectivity index is 1.56. The number of anilines is 1. The number of aliphatic hydroxyl groups is 3. The topological polar surface area (TPSA) is 162 Å². The molecule has 1 saturated heterocycles. The summed E-state index contributed by atoms with van der Waals surface area (Å²) in [5.41, 5.74) is 7.49. The summed E-state index contributed by atoms with van der Waals surface area (Å²) in [6.45, 7) is -0.308. The van der Waals surface area contributed by atoms with Gasteiger partial charge < -0.3 is 25.8 Å². The van der Waals surface area contributed by atoms with Crippen LogP contribution in [0, 0.1) is 0 Å². The van der Waals surface area contributed by atoms with E-state index in [-0.39, 0.29) is 12.4 Å². The quantitative estimate of drug-likeness (QED) is 0.383. The Kier molecular flexibility index (Phi) is 5.59. The number of nitrogen functional groups attached to an aromatic ring is 1. The minimum Gasteiger partial charge on any atom is -0.394 e. The first-order valence-electron chi connectivity index (χ1n) is 9.39. The van der Waals surface area contributed by atoms with Gasteiger partial charge in [0.15, 0.2) is 6.23 Å². The van der Waals surface area contributed by atoms with Gasteiger partial charge in [-0.25, -0.2) is 9.48 Å². The van der Waals surface area contributed by atoms with Crippen molar-refractivity contribution in [2.45, 2.75) is 37.5 Å². The molecule has 0 aliphatic carbocycles. The van der Waals surface area contributed by atoms with Gasteiger partial charge in [0, 0.05) is 24.4 Å². The molecule has 0 radical (unpaired) electrons. The van der Waals surface area contributed by atoms with Crippen LogP contribution in [0.1, 0.15) is 23.0 Å². The summed E-state index contributed by atoms with van der Waals surface area (Å²) < 4.78 is 8.03. The highest BCUT2D eigenvalue weighted by molar-refractivity contribution is 5.37. The lowest BCUT2D eigenvalue weighted by Gasteiger charge is -2.18. The molecule has 4 atom stereocenters. The monoisotopic (exact) mass is 414 g/mol. The number of aliphatic hydroxyl groups excluding tert-OH is 3. The number of ether oxygens (including phenoxy) is 1. The maximum atomic E-state index is 12.3. The van der Waals surface area contributed by atoms with Crippen molar-refractivity contribution in [3.8, 4) is 0 Å². The molecule has 1 fully saturated rings. The summed E-state index contributed by atoms with van der Waals surface area (Å²) in [4.78, 5) is 16.1.